The lowest BCUT2D eigenvalue weighted by molar-refractivity contribution is -0.733. The van der Waals surface area contributed by atoms with Gasteiger partial charge in [0.05, 0.1) is 15.6 Å². The van der Waals surface area contributed by atoms with Crippen molar-refractivity contribution in [2.75, 3.05) is 0 Å². The molecule has 30 heavy (non-hydrogen) atoms. The molecule has 0 amide bonds. The first kappa shape index (κ1) is 17.7. The zero-order chi connectivity index (χ0) is 20.5. The van der Waals surface area contributed by atoms with Crippen LogP contribution in [0.4, 0.5) is 5.69 Å². The van der Waals surface area contributed by atoms with Crippen LogP contribution in [0, 0.1) is 10.1 Å². The molecule has 0 aliphatic carbocycles. The first-order chi connectivity index (χ1) is 14.7. The fourth-order valence-corrected chi connectivity index (χ4v) is 3.40. The van der Waals surface area contributed by atoms with Gasteiger partial charge >= 0.3 is 5.82 Å². The van der Waals surface area contributed by atoms with E-state index >= 15 is 0 Å². The van der Waals surface area contributed by atoms with E-state index in [0.29, 0.717) is 11.5 Å². The molecule has 0 radical (unpaired) electrons. The van der Waals surface area contributed by atoms with Crippen molar-refractivity contribution < 1.29 is 9.72 Å². The van der Waals surface area contributed by atoms with Crippen molar-refractivity contribution in [3.05, 3.63) is 107 Å². The molecule has 0 spiro atoms. The van der Waals surface area contributed by atoms with Gasteiger partial charge in [-0.05, 0) is 51.7 Å². The van der Waals surface area contributed by atoms with Crippen molar-refractivity contribution in [1.29, 1.82) is 0 Å². The van der Waals surface area contributed by atoms with Crippen LogP contribution >= 0.6 is 0 Å². The summed E-state index contributed by atoms with van der Waals surface area (Å²) in [6.07, 6.45) is 0. The molecule has 0 aliphatic rings. The van der Waals surface area contributed by atoms with Gasteiger partial charge in [0.25, 0.3) is 5.69 Å². The molecule has 5 rings (SSSR count). The molecule has 5 aromatic rings. The molecule has 0 saturated carbocycles. The van der Waals surface area contributed by atoms with E-state index in [1.165, 1.54) is 12.1 Å². The molecule has 1 aromatic heterocycles. The number of nitro groups is 1. The van der Waals surface area contributed by atoms with Gasteiger partial charge in [-0.15, -0.1) is 0 Å². The zero-order valence-electron chi connectivity index (χ0n) is 15.8. The minimum absolute atomic E-state index is 0.0267. The van der Waals surface area contributed by atoms with Crippen LogP contribution in [0.25, 0.3) is 33.5 Å². The van der Waals surface area contributed by atoms with Crippen LogP contribution in [-0.2, 0) is 0 Å². The maximum atomic E-state index is 11.0. The molecular weight excluding hydrogens is 378 g/mol. The Kier molecular flexibility index (Phi) is 4.25. The highest BCUT2D eigenvalue weighted by molar-refractivity contribution is 5.88. The first-order valence-electron chi connectivity index (χ1n) is 9.39. The number of tetrazole rings is 1. The second-order valence-electron chi connectivity index (χ2n) is 6.74. The van der Waals surface area contributed by atoms with Crippen LogP contribution in [0.3, 0.4) is 0 Å². The fraction of sp³-hybridized carbons (Fsp3) is 0. The van der Waals surface area contributed by atoms with Crippen LogP contribution in [0.2, 0.25) is 0 Å². The Morgan fingerprint density at radius 3 is 2.27 bits per heavy atom. The Labute approximate surface area is 171 Å². The average molecular weight is 394 g/mol. The summed E-state index contributed by atoms with van der Waals surface area (Å²) in [5, 5.41) is 22.6. The number of hydrogen-bond donors (Lipinski definition) is 0. The SMILES string of the molecule is O=[N+]([O-])c1ccc(-n2nc(-c3ccccc3)n[n+]2-c2cccc3ccccc23)cc1. The van der Waals surface area contributed by atoms with Crippen molar-refractivity contribution in [2.45, 2.75) is 0 Å². The third kappa shape index (κ3) is 3.08. The van der Waals surface area contributed by atoms with Gasteiger partial charge in [-0.3, -0.25) is 10.1 Å². The second kappa shape index (κ2) is 7.21. The number of rotatable bonds is 4. The lowest BCUT2D eigenvalue weighted by Gasteiger charge is -2.03. The lowest BCUT2D eigenvalue weighted by atomic mass is 10.1. The van der Waals surface area contributed by atoms with Gasteiger partial charge in [-0.1, -0.05) is 48.5 Å². The molecule has 0 atom stereocenters. The van der Waals surface area contributed by atoms with Gasteiger partial charge in [-0.2, -0.15) is 0 Å². The minimum atomic E-state index is -0.417. The molecule has 0 unspecified atom stereocenters. The largest absolute Gasteiger partial charge is 0.340 e. The van der Waals surface area contributed by atoms with Gasteiger partial charge in [-0.25, -0.2) is 0 Å². The van der Waals surface area contributed by atoms with E-state index in [1.807, 2.05) is 72.8 Å². The van der Waals surface area contributed by atoms with Gasteiger partial charge in [0, 0.05) is 22.3 Å². The van der Waals surface area contributed by atoms with Gasteiger partial charge in [0.15, 0.2) is 5.69 Å². The summed E-state index contributed by atoms with van der Waals surface area (Å²) in [5.74, 6) is 0.557. The molecule has 1 heterocycles. The summed E-state index contributed by atoms with van der Waals surface area (Å²) in [6, 6.07) is 30.0. The van der Waals surface area contributed by atoms with E-state index in [1.54, 1.807) is 21.7 Å². The molecule has 0 aliphatic heterocycles. The fourth-order valence-electron chi connectivity index (χ4n) is 3.40. The minimum Gasteiger partial charge on any atom is -0.258 e. The summed E-state index contributed by atoms with van der Waals surface area (Å²) in [4.78, 5) is 14.0. The summed E-state index contributed by atoms with van der Waals surface area (Å²) >= 11 is 0. The molecule has 0 saturated heterocycles. The van der Waals surface area contributed by atoms with Gasteiger partial charge in [0.2, 0.25) is 0 Å². The Morgan fingerprint density at radius 2 is 1.50 bits per heavy atom. The van der Waals surface area contributed by atoms with E-state index in [4.69, 9.17) is 10.2 Å². The lowest BCUT2D eigenvalue weighted by Crippen LogP contribution is -2.43. The third-order valence-corrected chi connectivity index (χ3v) is 4.86. The molecule has 0 fully saturated rings. The number of nitro benzene ring substituents is 1. The summed E-state index contributed by atoms with van der Waals surface area (Å²) in [5.41, 5.74) is 2.44. The predicted molar refractivity (Wildman–Crippen MR) is 112 cm³/mol. The van der Waals surface area contributed by atoms with Crippen molar-refractivity contribution in [2.24, 2.45) is 0 Å². The number of fused-ring (bicyclic) bond motifs is 1. The molecule has 7 heteroatoms. The maximum Gasteiger partial charge on any atom is 0.340 e. The van der Waals surface area contributed by atoms with E-state index in [-0.39, 0.29) is 5.69 Å². The van der Waals surface area contributed by atoms with Crippen LogP contribution in [0.5, 0.6) is 0 Å². The van der Waals surface area contributed by atoms with Crippen molar-refractivity contribution >= 4 is 16.5 Å². The number of non-ortho nitro benzene ring substituents is 1. The average Bonchev–Trinajstić information content (AvgIpc) is 3.24. The number of hydrogen-bond acceptors (Lipinski definition) is 4. The Hall–Kier alpha value is -4.39. The molecule has 144 valence electrons. The quantitative estimate of drug-likeness (QED) is 0.259. The van der Waals surface area contributed by atoms with Gasteiger partial charge < -0.3 is 0 Å². The molecule has 0 N–H and O–H groups in total. The normalized spacial score (nSPS) is 10.9. The highest BCUT2D eigenvalue weighted by Gasteiger charge is 2.25. The van der Waals surface area contributed by atoms with Crippen molar-refractivity contribution in [3.8, 4) is 22.8 Å². The van der Waals surface area contributed by atoms with Crippen LogP contribution < -0.4 is 4.80 Å². The number of benzene rings is 4. The molecule has 0 bridgehead atoms. The molecule has 7 nitrogen and oxygen atoms in total. The Balaban J connectivity index is 1.74. The van der Waals surface area contributed by atoms with E-state index in [9.17, 15) is 10.1 Å². The molecular formula is C23H16N5O2+. The van der Waals surface area contributed by atoms with Crippen LogP contribution in [0.1, 0.15) is 0 Å². The maximum absolute atomic E-state index is 11.0. The second-order valence-corrected chi connectivity index (χ2v) is 6.74. The topological polar surface area (TPSA) is 77.7 Å². The summed E-state index contributed by atoms with van der Waals surface area (Å²) < 4.78 is 0. The number of nitrogens with zero attached hydrogens (tertiary/aromatic N) is 5. The van der Waals surface area contributed by atoms with Crippen LogP contribution in [0.15, 0.2) is 97.1 Å². The van der Waals surface area contributed by atoms with Crippen molar-refractivity contribution in [3.63, 3.8) is 0 Å². The Bertz CT molecular complexity index is 1360. The Morgan fingerprint density at radius 1 is 0.800 bits per heavy atom. The summed E-state index contributed by atoms with van der Waals surface area (Å²) in [6.45, 7) is 0. The third-order valence-electron chi connectivity index (χ3n) is 4.86. The number of aromatic nitrogens is 4. The predicted octanol–water partition coefficient (Wildman–Crippen LogP) is 4.27. The first-order valence-corrected chi connectivity index (χ1v) is 9.39. The summed E-state index contributed by atoms with van der Waals surface area (Å²) in [7, 11) is 0. The van der Waals surface area contributed by atoms with E-state index < -0.39 is 4.92 Å². The van der Waals surface area contributed by atoms with Crippen LogP contribution in [-0.4, -0.2) is 19.9 Å². The smallest absolute Gasteiger partial charge is 0.258 e. The standard InChI is InChI=1S/C23H16N5O2/c29-28(30)20-15-13-19(14-16-20)26-24-23(18-8-2-1-3-9-18)25-27(26)22-12-6-10-17-7-4-5-11-21(17)22/h1-16H/q+1. The van der Waals surface area contributed by atoms with Crippen molar-refractivity contribution in [1.82, 2.24) is 15.0 Å². The highest BCUT2D eigenvalue weighted by Crippen LogP contribution is 2.21. The van der Waals surface area contributed by atoms with E-state index in [2.05, 4.69) is 0 Å². The highest BCUT2D eigenvalue weighted by atomic mass is 16.6. The zero-order valence-corrected chi connectivity index (χ0v) is 15.8. The molecule has 4 aromatic carbocycles. The van der Waals surface area contributed by atoms with E-state index in [0.717, 1.165) is 22.0 Å². The monoisotopic (exact) mass is 394 g/mol. The van der Waals surface area contributed by atoms with Gasteiger partial charge in [0.1, 0.15) is 5.69 Å².